The lowest BCUT2D eigenvalue weighted by Crippen LogP contribution is -2.40. The number of aliphatic hydroxyl groups is 1. The van der Waals surface area contributed by atoms with Gasteiger partial charge >= 0.3 is 6.18 Å². The molecule has 0 spiro atoms. The summed E-state index contributed by atoms with van der Waals surface area (Å²) in [5, 5.41) is 12.1. The summed E-state index contributed by atoms with van der Waals surface area (Å²) >= 11 is 4.80. The molecule has 0 aliphatic rings. The molecule has 16 heteroatoms. The molecular weight excluding hydrogens is 585 g/mol. The van der Waals surface area contributed by atoms with Gasteiger partial charge in [-0.25, -0.2) is 22.5 Å². The van der Waals surface area contributed by atoms with E-state index in [1.807, 2.05) is 0 Å². The van der Waals surface area contributed by atoms with Crippen molar-refractivity contribution in [1.29, 1.82) is 0 Å². The van der Waals surface area contributed by atoms with E-state index in [9.17, 15) is 30.7 Å². The Bertz CT molecular complexity index is 1340. The molecule has 2 aromatic heterocycles. The second-order valence-electron chi connectivity index (χ2n) is 10.1. The van der Waals surface area contributed by atoms with Crippen molar-refractivity contribution in [2.75, 3.05) is 25.1 Å². The van der Waals surface area contributed by atoms with Crippen LogP contribution in [0.5, 0.6) is 11.5 Å². The van der Waals surface area contributed by atoms with Crippen LogP contribution in [-0.4, -0.2) is 53.5 Å². The number of fused-ring (bicyclic) bond motifs is 1. The van der Waals surface area contributed by atoms with E-state index in [0.717, 1.165) is 41.2 Å². The molecule has 0 aliphatic heterocycles. The van der Waals surface area contributed by atoms with Crippen LogP contribution in [0.1, 0.15) is 5.56 Å². The van der Waals surface area contributed by atoms with Crippen molar-refractivity contribution in [3.05, 3.63) is 47.8 Å². The van der Waals surface area contributed by atoms with Crippen LogP contribution < -0.4 is 15.4 Å². The molecule has 0 saturated carbocycles. The van der Waals surface area contributed by atoms with Gasteiger partial charge in [0.05, 0.1) is 17.5 Å². The minimum absolute atomic E-state index is 0.159. The Hall–Kier alpha value is -2.95. The van der Waals surface area contributed by atoms with Crippen molar-refractivity contribution in [2.24, 2.45) is 0 Å². The first kappa shape index (κ1) is 31.6. The SMILES string of the molecule is C[Si](C)(C)CCOCn1cc(C(F)(F)F)c2c(Oc3c(F)cc(NC(=S)NCC(F)(F)CO)cc3F)ccnc21. The Kier molecular flexibility index (Phi) is 9.69. The zero-order valence-corrected chi connectivity index (χ0v) is 23.5. The average molecular weight is 613 g/mol. The Balaban J connectivity index is 1.87. The lowest BCUT2D eigenvalue weighted by atomic mass is 10.2. The van der Waals surface area contributed by atoms with Crippen molar-refractivity contribution in [3.63, 3.8) is 0 Å². The molecule has 2 heterocycles. The molecular formula is C24H27F7N4O3SSi. The minimum Gasteiger partial charge on any atom is -0.450 e. The Morgan fingerprint density at radius 2 is 1.77 bits per heavy atom. The number of aromatic nitrogens is 2. The van der Waals surface area contributed by atoms with Crippen LogP contribution in [0.2, 0.25) is 25.7 Å². The normalized spacial score (nSPS) is 12.6. The van der Waals surface area contributed by atoms with Crippen molar-refractivity contribution in [1.82, 2.24) is 14.9 Å². The summed E-state index contributed by atoms with van der Waals surface area (Å²) in [6, 6.07) is 3.27. The van der Waals surface area contributed by atoms with Gasteiger partial charge < -0.3 is 29.8 Å². The zero-order chi connectivity index (χ0) is 29.9. The van der Waals surface area contributed by atoms with Gasteiger partial charge in [0, 0.05) is 44.9 Å². The molecule has 0 unspecified atom stereocenters. The maximum absolute atomic E-state index is 14.8. The Labute approximate surface area is 231 Å². The third-order valence-corrected chi connectivity index (χ3v) is 7.41. The summed E-state index contributed by atoms with van der Waals surface area (Å²) in [6.07, 6.45) is -2.91. The molecule has 0 saturated heterocycles. The number of pyridine rings is 1. The van der Waals surface area contributed by atoms with Crippen LogP contribution in [0.25, 0.3) is 11.0 Å². The van der Waals surface area contributed by atoms with Gasteiger partial charge in [0.1, 0.15) is 24.7 Å². The highest BCUT2D eigenvalue weighted by molar-refractivity contribution is 7.80. The van der Waals surface area contributed by atoms with Crippen molar-refractivity contribution in [2.45, 2.75) is 44.5 Å². The fraction of sp³-hybridized carbons (Fsp3) is 0.417. The molecule has 0 amide bonds. The van der Waals surface area contributed by atoms with E-state index in [1.54, 1.807) is 0 Å². The summed E-state index contributed by atoms with van der Waals surface area (Å²) in [5.74, 6) is -7.60. The number of ether oxygens (including phenoxy) is 2. The second-order valence-corrected chi connectivity index (χ2v) is 16.1. The maximum atomic E-state index is 14.8. The van der Waals surface area contributed by atoms with Crippen LogP contribution in [0.4, 0.5) is 36.4 Å². The molecule has 0 radical (unpaired) electrons. The molecule has 220 valence electrons. The summed E-state index contributed by atoms with van der Waals surface area (Å²) in [6.45, 7) is 4.01. The summed E-state index contributed by atoms with van der Waals surface area (Å²) in [7, 11) is -1.44. The minimum atomic E-state index is -4.84. The fourth-order valence-electron chi connectivity index (χ4n) is 3.41. The van der Waals surface area contributed by atoms with E-state index in [1.165, 1.54) is 0 Å². The van der Waals surface area contributed by atoms with Crippen LogP contribution in [-0.2, 0) is 17.6 Å². The lowest BCUT2D eigenvalue weighted by Gasteiger charge is -2.17. The van der Waals surface area contributed by atoms with Gasteiger partial charge in [0.2, 0.25) is 0 Å². The molecule has 40 heavy (non-hydrogen) atoms. The highest BCUT2D eigenvalue weighted by Gasteiger charge is 2.37. The first-order valence-corrected chi connectivity index (χ1v) is 16.0. The number of aliphatic hydroxyl groups excluding tert-OH is 1. The summed E-state index contributed by atoms with van der Waals surface area (Å²) < 4.78 is 110. The first-order valence-electron chi connectivity index (χ1n) is 11.8. The van der Waals surface area contributed by atoms with Crippen LogP contribution in [0.15, 0.2) is 30.6 Å². The first-order chi connectivity index (χ1) is 18.5. The number of thiocarbonyl (C=S) groups is 1. The topological polar surface area (TPSA) is 80.6 Å². The predicted octanol–water partition coefficient (Wildman–Crippen LogP) is 6.35. The van der Waals surface area contributed by atoms with E-state index in [2.05, 4.69) is 35.3 Å². The molecule has 3 rings (SSSR count). The van der Waals surface area contributed by atoms with Gasteiger partial charge in [-0.05, 0) is 24.3 Å². The van der Waals surface area contributed by atoms with Crippen molar-refractivity contribution < 1.29 is 45.3 Å². The Morgan fingerprint density at radius 3 is 2.35 bits per heavy atom. The number of alkyl halides is 5. The van der Waals surface area contributed by atoms with Crippen molar-refractivity contribution >= 4 is 42.1 Å². The van der Waals surface area contributed by atoms with E-state index >= 15 is 0 Å². The maximum Gasteiger partial charge on any atom is 0.418 e. The highest BCUT2D eigenvalue weighted by Crippen LogP contribution is 2.42. The Morgan fingerprint density at radius 1 is 1.12 bits per heavy atom. The zero-order valence-electron chi connectivity index (χ0n) is 21.6. The molecule has 0 atom stereocenters. The molecule has 3 aromatic rings. The smallest absolute Gasteiger partial charge is 0.418 e. The van der Waals surface area contributed by atoms with Crippen LogP contribution in [0, 0.1) is 11.6 Å². The second kappa shape index (κ2) is 12.3. The number of rotatable bonds is 11. The van der Waals surface area contributed by atoms with Gasteiger partial charge in [-0.3, -0.25) is 0 Å². The molecule has 1 aromatic carbocycles. The third kappa shape index (κ3) is 8.28. The number of nitrogens with zero attached hydrogens (tertiary/aromatic N) is 2. The molecule has 7 nitrogen and oxygen atoms in total. The van der Waals surface area contributed by atoms with Crippen LogP contribution in [0.3, 0.4) is 0 Å². The molecule has 0 fully saturated rings. The number of hydrogen-bond donors (Lipinski definition) is 3. The number of hydrogen-bond acceptors (Lipinski definition) is 5. The van der Waals surface area contributed by atoms with Gasteiger partial charge in [-0.2, -0.15) is 13.2 Å². The lowest BCUT2D eigenvalue weighted by molar-refractivity contribution is -0.136. The van der Waals surface area contributed by atoms with Gasteiger partial charge in [-0.15, -0.1) is 0 Å². The van der Waals surface area contributed by atoms with E-state index in [-0.39, 0.29) is 18.1 Å². The quantitative estimate of drug-likeness (QED) is 0.101. The number of anilines is 1. The number of nitrogens with one attached hydrogen (secondary N) is 2. The largest absolute Gasteiger partial charge is 0.450 e. The van der Waals surface area contributed by atoms with E-state index < -0.39 is 72.5 Å². The van der Waals surface area contributed by atoms with Gasteiger partial charge in [-0.1, -0.05) is 19.6 Å². The molecule has 0 aliphatic carbocycles. The third-order valence-electron chi connectivity index (χ3n) is 5.46. The number of benzene rings is 1. The van der Waals surface area contributed by atoms with Gasteiger partial charge in [0.15, 0.2) is 22.5 Å². The summed E-state index contributed by atoms with van der Waals surface area (Å²) in [4.78, 5) is 4.00. The number of halogens is 7. The molecule has 3 N–H and O–H groups in total. The van der Waals surface area contributed by atoms with E-state index in [4.69, 9.17) is 26.8 Å². The fourth-order valence-corrected chi connectivity index (χ4v) is 4.35. The van der Waals surface area contributed by atoms with Crippen molar-refractivity contribution in [3.8, 4) is 11.5 Å². The predicted molar refractivity (Wildman–Crippen MR) is 142 cm³/mol. The molecule has 0 bridgehead atoms. The highest BCUT2D eigenvalue weighted by atomic mass is 32.1. The standard InChI is InChI=1S/C24H27F7N4O3SSi/c1-40(2,3)7-6-37-13-35-10-15(24(29,30)31)19-18(4-5-32-21(19)35)38-20-16(25)8-14(9-17(20)26)34-22(39)33-11-23(27,28)12-36/h4-5,8-10,36H,6-7,11-13H2,1-3H3,(H2,33,34,39). The van der Waals surface area contributed by atoms with Crippen LogP contribution >= 0.6 is 12.2 Å². The van der Waals surface area contributed by atoms with E-state index in [0.29, 0.717) is 6.61 Å². The monoisotopic (exact) mass is 612 g/mol. The average Bonchev–Trinajstić information content (AvgIpc) is 3.22. The summed E-state index contributed by atoms with van der Waals surface area (Å²) in [5.41, 5.74) is -1.58. The van der Waals surface area contributed by atoms with Gasteiger partial charge in [0.25, 0.3) is 5.92 Å².